The van der Waals surface area contributed by atoms with Crippen molar-refractivity contribution in [3.8, 4) is 11.5 Å². The van der Waals surface area contributed by atoms with E-state index in [9.17, 15) is 19.2 Å². The number of hydrogen-bond acceptors (Lipinski definition) is 10. The zero-order chi connectivity index (χ0) is 28.6. The minimum absolute atomic E-state index is 0.0885. The molecule has 2 aliphatic rings. The maximum atomic E-state index is 12.2. The fraction of sp³-hybridized carbons (Fsp3) is 0.346. The number of benzene rings is 1. The van der Waals surface area contributed by atoms with E-state index in [0.29, 0.717) is 41.7 Å². The lowest BCUT2D eigenvalue weighted by Crippen LogP contribution is -2.23. The Labute approximate surface area is 226 Å². The third-order valence-corrected chi connectivity index (χ3v) is 6.71. The van der Waals surface area contributed by atoms with E-state index in [0.717, 1.165) is 25.9 Å². The van der Waals surface area contributed by atoms with Crippen molar-refractivity contribution >= 4 is 39.8 Å². The second-order valence-electron chi connectivity index (χ2n) is 9.09. The van der Waals surface area contributed by atoms with Gasteiger partial charge in [0.05, 0.1) is 16.3 Å². The average molecular weight is 551 g/mol. The van der Waals surface area contributed by atoms with E-state index in [1.165, 1.54) is 23.1 Å². The molecular formula is C26H26N6O8. The van der Waals surface area contributed by atoms with Gasteiger partial charge in [-0.1, -0.05) is 0 Å². The van der Waals surface area contributed by atoms with Crippen LogP contribution >= 0.6 is 0 Å². The van der Waals surface area contributed by atoms with E-state index >= 15 is 0 Å². The molecule has 0 radical (unpaired) electrons. The molecule has 0 bridgehead atoms. The summed E-state index contributed by atoms with van der Waals surface area (Å²) in [4.78, 5) is 57.2. The van der Waals surface area contributed by atoms with E-state index in [1.807, 2.05) is 13.8 Å². The fourth-order valence-electron chi connectivity index (χ4n) is 4.68. The maximum Gasteiger partial charge on any atom is 0.360 e. The van der Waals surface area contributed by atoms with Gasteiger partial charge in [-0.15, -0.1) is 0 Å². The van der Waals surface area contributed by atoms with Crippen molar-refractivity contribution < 1.29 is 29.3 Å². The van der Waals surface area contributed by atoms with E-state index in [-0.39, 0.29) is 23.1 Å². The first-order valence-corrected chi connectivity index (χ1v) is 12.7. The van der Waals surface area contributed by atoms with Crippen LogP contribution in [0, 0.1) is 0 Å². The molecule has 4 aromatic rings. The van der Waals surface area contributed by atoms with Crippen molar-refractivity contribution in [1.29, 1.82) is 0 Å². The van der Waals surface area contributed by atoms with Gasteiger partial charge in [0, 0.05) is 44.6 Å². The Morgan fingerprint density at radius 1 is 0.950 bits per heavy atom. The summed E-state index contributed by atoms with van der Waals surface area (Å²) in [6.07, 6.45) is 5.02. The molecule has 0 aliphatic carbocycles. The topological polar surface area (TPSA) is 179 Å². The summed E-state index contributed by atoms with van der Waals surface area (Å²) < 4.78 is 13.6. The largest absolute Gasteiger partial charge is 0.477 e. The van der Waals surface area contributed by atoms with Crippen LogP contribution in [0.3, 0.4) is 0 Å². The van der Waals surface area contributed by atoms with Crippen LogP contribution in [0.25, 0.3) is 21.9 Å². The number of pyridine rings is 1. The molecule has 0 spiro atoms. The fourth-order valence-corrected chi connectivity index (χ4v) is 4.68. The van der Waals surface area contributed by atoms with E-state index in [4.69, 9.17) is 19.7 Å². The molecule has 2 N–H and O–H groups in total. The summed E-state index contributed by atoms with van der Waals surface area (Å²) in [6, 6.07) is 3.14. The molecule has 14 heteroatoms. The molecule has 0 unspecified atom stereocenters. The Hall–Kier alpha value is -5.01. The highest BCUT2D eigenvalue weighted by molar-refractivity contribution is 5.92. The van der Waals surface area contributed by atoms with Crippen LogP contribution in [0.1, 0.15) is 47.5 Å². The summed E-state index contributed by atoms with van der Waals surface area (Å²) in [6.45, 7) is 6.58. The van der Waals surface area contributed by atoms with Gasteiger partial charge >= 0.3 is 11.9 Å². The zero-order valence-electron chi connectivity index (χ0n) is 21.8. The first-order chi connectivity index (χ1) is 19.2. The lowest BCUT2D eigenvalue weighted by molar-refractivity contribution is 0.0679. The molecule has 0 saturated carbocycles. The molecule has 1 saturated heterocycles. The quantitative estimate of drug-likeness (QED) is 0.369. The molecular weight excluding hydrogens is 524 g/mol. The third kappa shape index (κ3) is 4.67. The number of ether oxygens (including phenoxy) is 2. The van der Waals surface area contributed by atoms with Gasteiger partial charge in [0.1, 0.15) is 11.2 Å². The Morgan fingerprint density at radius 3 is 2.27 bits per heavy atom. The van der Waals surface area contributed by atoms with Crippen LogP contribution < -0.4 is 25.2 Å². The van der Waals surface area contributed by atoms with Gasteiger partial charge < -0.3 is 29.2 Å². The van der Waals surface area contributed by atoms with Gasteiger partial charge in [-0.3, -0.25) is 14.3 Å². The number of nitrogens with zero attached hydrogens (tertiary/aromatic N) is 6. The van der Waals surface area contributed by atoms with Gasteiger partial charge in [0.25, 0.3) is 0 Å². The normalized spacial score (nSPS) is 13.9. The van der Waals surface area contributed by atoms with Crippen LogP contribution in [0.2, 0.25) is 0 Å². The van der Waals surface area contributed by atoms with Crippen LogP contribution in [0.4, 0.5) is 5.95 Å². The Bertz CT molecular complexity index is 1770. The number of rotatable bonds is 5. The van der Waals surface area contributed by atoms with Crippen LogP contribution in [0.15, 0.2) is 34.1 Å². The maximum absolute atomic E-state index is 12.2. The van der Waals surface area contributed by atoms with Crippen molar-refractivity contribution in [2.45, 2.75) is 39.8 Å². The van der Waals surface area contributed by atoms with Gasteiger partial charge in [-0.05, 0) is 32.8 Å². The van der Waals surface area contributed by atoms with Crippen LogP contribution in [-0.4, -0.2) is 66.3 Å². The number of anilines is 1. The number of aromatic nitrogens is 5. The second-order valence-corrected chi connectivity index (χ2v) is 9.09. The zero-order valence-corrected chi connectivity index (χ0v) is 21.8. The van der Waals surface area contributed by atoms with Crippen molar-refractivity contribution in [2.75, 3.05) is 24.8 Å². The Balaban J connectivity index is 0.000000162. The average Bonchev–Trinajstić information content (AvgIpc) is 3.65. The predicted octanol–water partition coefficient (Wildman–Crippen LogP) is 1.95. The monoisotopic (exact) mass is 550 g/mol. The highest BCUT2D eigenvalue weighted by Gasteiger charge is 2.22. The number of aromatic carboxylic acids is 2. The standard InChI is InChI=1S/C14H16N4O3.C12H10N2O5/c1-2-17-8-10(13(20)21)11(19)9-7-15-14(16-12(9)17)18-5-3-4-6-18;1-2-14-7-4-9-8(18-5-19-9)3-6(7)11(15)10(13-14)12(16)17/h7-8H,2-6H2,1H3,(H,20,21);3-4H,2,5H2,1H3,(H,16,17). The molecule has 40 heavy (non-hydrogen) atoms. The highest BCUT2D eigenvalue weighted by atomic mass is 16.7. The SMILES string of the molecule is CCn1cc(C(=O)O)c(=O)c2cnc(N3CCCC3)nc21.CCn1nc(C(=O)O)c(=O)c2cc3c(cc21)OCO3. The Morgan fingerprint density at radius 2 is 1.65 bits per heavy atom. The lowest BCUT2D eigenvalue weighted by Gasteiger charge is -2.16. The minimum Gasteiger partial charge on any atom is -0.477 e. The summed E-state index contributed by atoms with van der Waals surface area (Å²) in [5.74, 6) is -1.00. The molecule has 5 heterocycles. The third-order valence-electron chi connectivity index (χ3n) is 6.71. The van der Waals surface area contributed by atoms with Crippen LogP contribution in [0.5, 0.6) is 11.5 Å². The van der Waals surface area contributed by atoms with Gasteiger partial charge in [0.2, 0.25) is 29.3 Å². The molecule has 14 nitrogen and oxygen atoms in total. The molecule has 2 aliphatic heterocycles. The molecule has 0 amide bonds. The smallest absolute Gasteiger partial charge is 0.360 e. The molecule has 1 fully saturated rings. The van der Waals surface area contributed by atoms with Gasteiger partial charge in [-0.25, -0.2) is 14.6 Å². The summed E-state index contributed by atoms with van der Waals surface area (Å²) in [7, 11) is 0. The van der Waals surface area contributed by atoms with Crippen molar-refractivity contribution in [1.82, 2.24) is 24.3 Å². The number of fused-ring (bicyclic) bond motifs is 3. The molecule has 0 atom stereocenters. The summed E-state index contributed by atoms with van der Waals surface area (Å²) in [5.41, 5.74) is -0.873. The number of carboxylic acids is 2. The first kappa shape index (κ1) is 26.6. The van der Waals surface area contributed by atoms with Crippen molar-refractivity contribution in [3.63, 3.8) is 0 Å². The van der Waals surface area contributed by atoms with Crippen LogP contribution in [-0.2, 0) is 13.1 Å². The predicted molar refractivity (Wildman–Crippen MR) is 143 cm³/mol. The number of carbonyl (C=O) groups is 2. The van der Waals surface area contributed by atoms with Crippen molar-refractivity contribution in [2.24, 2.45) is 0 Å². The minimum atomic E-state index is -1.34. The van der Waals surface area contributed by atoms with Gasteiger partial charge in [-0.2, -0.15) is 10.1 Å². The number of carboxylic acid groups (broad SMARTS) is 2. The number of hydrogen-bond donors (Lipinski definition) is 2. The second kappa shape index (κ2) is 10.6. The highest BCUT2D eigenvalue weighted by Crippen LogP contribution is 2.35. The van der Waals surface area contributed by atoms with Gasteiger partial charge in [0.15, 0.2) is 11.5 Å². The Kier molecular flexibility index (Phi) is 7.07. The first-order valence-electron chi connectivity index (χ1n) is 12.7. The molecule has 6 rings (SSSR count). The van der Waals surface area contributed by atoms with E-state index in [1.54, 1.807) is 10.6 Å². The lowest BCUT2D eigenvalue weighted by atomic mass is 10.1. The molecule has 208 valence electrons. The van der Waals surface area contributed by atoms with E-state index < -0.39 is 28.5 Å². The molecule has 3 aromatic heterocycles. The van der Waals surface area contributed by atoms with E-state index in [2.05, 4.69) is 20.0 Å². The summed E-state index contributed by atoms with van der Waals surface area (Å²) in [5, 5.41) is 22.5. The van der Waals surface area contributed by atoms with Crippen molar-refractivity contribution in [3.05, 3.63) is 56.2 Å². The number of aryl methyl sites for hydroxylation is 2. The molecule has 1 aromatic carbocycles. The summed E-state index contributed by atoms with van der Waals surface area (Å²) >= 11 is 0.